The van der Waals surface area contributed by atoms with Crippen LogP contribution < -0.4 is 15.8 Å². The Labute approximate surface area is 230 Å². The number of nitrogens with zero attached hydrogens (tertiary/aromatic N) is 3. The molecule has 2 amide bonds. The highest BCUT2D eigenvalue weighted by Gasteiger charge is 2.36. The van der Waals surface area contributed by atoms with Gasteiger partial charge in [-0.2, -0.15) is 9.78 Å². The number of anilines is 2. The molecule has 4 aromatic rings. The van der Waals surface area contributed by atoms with Crippen molar-refractivity contribution in [3.05, 3.63) is 80.0 Å². The zero-order valence-corrected chi connectivity index (χ0v) is 23.0. The predicted octanol–water partition coefficient (Wildman–Crippen LogP) is 4.69. The van der Waals surface area contributed by atoms with Crippen LogP contribution in [0, 0.1) is 12.8 Å². The third kappa shape index (κ3) is 4.86. The molecule has 1 atom stereocenters. The number of ether oxygens (including phenoxy) is 1. The summed E-state index contributed by atoms with van der Waals surface area (Å²) in [6, 6.07) is 14.4. The van der Waals surface area contributed by atoms with E-state index in [-0.39, 0.29) is 47.5 Å². The minimum Gasteiger partial charge on any atom is -0.461 e. The molecular weight excluding hydrogens is 572 g/mol. The molecule has 38 heavy (non-hydrogen) atoms. The van der Waals surface area contributed by atoms with Gasteiger partial charge in [0.15, 0.2) is 5.69 Å². The van der Waals surface area contributed by atoms with E-state index in [1.165, 1.54) is 0 Å². The fraction of sp³-hybridized carbons (Fsp3) is 0.222. The average Bonchev–Trinajstić information content (AvgIpc) is 3.50. The van der Waals surface area contributed by atoms with Crippen LogP contribution in [0.5, 0.6) is 0 Å². The number of carbonyl (C=O) groups is 3. The quantitative estimate of drug-likeness (QED) is 0.324. The predicted molar refractivity (Wildman–Crippen MR) is 149 cm³/mol. The molecule has 2 aromatic heterocycles. The highest BCUT2D eigenvalue weighted by Crippen LogP contribution is 2.32. The highest BCUT2D eigenvalue weighted by atomic mass is 79.9. The van der Waals surface area contributed by atoms with Crippen LogP contribution in [0.3, 0.4) is 0 Å². The van der Waals surface area contributed by atoms with Gasteiger partial charge in [0.05, 0.1) is 23.6 Å². The van der Waals surface area contributed by atoms with E-state index >= 15 is 0 Å². The Morgan fingerprint density at radius 2 is 1.79 bits per heavy atom. The summed E-state index contributed by atoms with van der Waals surface area (Å²) in [4.78, 5) is 53.9. The summed E-state index contributed by atoms with van der Waals surface area (Å²) in [5.41, 5.74) is 1.74. The molecule has 1 fully saturated rings. The van der Waals surface area contributed by atoms with Crippen molar-refractivity contribution in [2.75, 3.05) is 23.4 Å². The van der Waals surface area contributed by atoms with Gasteiger partial charge in [-0.25, -0.2) is 4.79 Å². The third-order valence-electron chi connectivity index (χ3n) is 6.27. The normalized spacial score (nSPS) is 15.2. The van der Waals surface area contributed by atoms with E-state index in [0.717, 1.165) is 31.7 Å². The van der Waals surface area contributed by atoms with Crippen molar-refractivity contribution in [2.45, 2.75) is 20.3 Å². The first-order valence-electron chi connectivity index (χ1n) is 11.9. The lowest BCUT2D eigenvalue weighted by Crippen LogP contribution is -2.29. The molecule has 0 radical (unpaired) electrons. The minimum atomic E-state index is -0.672. The van der Waals surface area contributed by atoms with Gasteiger partial charge in [-0.15, -0.1) is 11.3 Å². The molecule has 0 spiro atoms. The summed E-state index contributed by atoms with van der Waals surface area (Å²) in [6.45, 7) is 4.02. The summed E-state index contributed by atoms with van der Waals surface area (Å²) in [7, 11) is 0. The Kier molecular flexibility index (Phi) is 7.13. The molecule has 0 bridgehead atoms. The van der Waals surface area contributed by atoms with Crippen molar-refractivity contribution in [3.8, 4) is 5.69 Å². The van der Waals surface area contributed by atoms with Gasteiger partial charge in [0.2, 0.25) is 11.8 Å². The van der Waals surface area contributed by atoms with Gasteiger partial charge >= 0.3 is 5.97 Å². The molecule has 0 aliphatic carbocycles. The molecule has 0 saturated carbocycles. The lowest BCUT2D eigenvalue weighted by Gasteiger charge is -2.17. The van der Waals surface area contributed by atoms with Crippen LogP contribution in [-0.2, 0) is 14.3 Å². The van der Waals surface area contributed by atoms with Crippen molar-refractivity contribution in [1.29, 1.82) is 0 Å². The molecule has 1 unspecified atom stereocenters. The molecule has 9 nitrogen and oxygen atoms in total. The van der Waals surface area contributed by atoms with E-state index in [4.69, 9.17) is 4.74 Å². The molecule has 1 aliphatic heterocycles. The number of aryl methyl sites for hydroxylation is 1. The van der Waals surface area contributed by atoms with Crippen molar-refractivity contribution in [1.82, 2.24) is 9.78 Å². The van der Waals surface area contributed by atoms with Crippen molar-refractivity contribution < 1.29 is 19.1 Å². The van der Waals surface area contributed by atoms with E-state index < -0.39 is 17.4 Å². The number of halogens is 1. The summed E-state index contributed by atoms with van der Waals surface area (Å²) in [5.74, 6) is -1.78. The molecule has 1 saturated heterocycles. The first kappa shape index (κ1) is 25.8. The second-order valence-corrected chi connectivity index (χ2v) is 10.6. The maximum Gasteiger partial charge on any atom is 0.359 e. The van der Waals surface area contributed by atoms with Gasteiger partial charge < -0.3 is 15.0 Å². The van der Waals surface area contributed by atoms with Crippen LogP contribution in [0.4, 0.5) is 10.7 Å². The lowest BCUT2D eigenvalue weighted by atomic mass is 10.1. The zero-order valence-electron chi connectivity index (χ0n) is 20.6. The molecule has 1 N–H and O–H groups in total. The minimum absolute atomic E-state index is 0.0253. The Balaban J connectivity index is 1.50. The number of thiophene rings is 1. The summed E-state index contributed by atoms with van der Waals surface area (Å²) < 4.78 is 7.12. The molecule has 11 heteroatoms. The number of nitrogens with one attached hydrogen (secondary N) is 1. The van der Waals surface area contributed by atoms with Crippen LogP contribution >= 0.6 is 27.3 Å². The summed E-state index contributed by atoms with van der Waals surface area (Å²) >= 11 is 4.49. The van der Waals surface area contributed by atoms with Gasteiger partial charge in [-0.3, -0.25) is 14.4 Å². The number of fused-ring (bicyclic) bond motifs is 1. The lowest BCUT2D eigenvalue weighted by molar-refractivity contribution is -0.122. The largest absolute Gasteiger partial charge is 0.461 e. The number of rotatable bonds is 6. The first-order valence-corrected chi connectivity index (χ1v) is 13.6. The number of aromatic nitrogens is 2. The second kappa shape index (κ2) is 10.5. The van der Waals surface area contributed by atoms with E-state index in [1.54, 1.807) is 41.5 Å². The Hall–Kier alpha value is -3.83. The molecule has 3 heterocycles. The zero-order chi connectivity index (χ0) is 27.0. The Morgan fingerprint density at radius 1 is 1.11 bits per heavy atom. The van der Waals surface area contributed by atoms with E-state index in [2.05, 4.69) is 26.3 Å². The van der Waals surface area contributed by atoms with Crippen molar-refractivity contribution in [2.24, 2.45) is 5.92 Å². The van der Waals surface area contributed by atoms with Crippen molar-refractivity contribution >= 4 is 66.5 Å². The fourth-order valence-corrected chi connectivity index (χ4v) is 5.52. The standard InChI is InChI=1S/C27H23BrN4O5S/c1-3-37-27(36)23-20-14-38-25(22(20)26(35)32(30-23)19-10-6-17(28)7-11-19)29-24(34)16-12-21(33)31(13-16)18-8-4-15(2)5-9-18/h4-11,14,16H,3,12-13H2,1-2H3,(H,29,34). The smallest absolute Gasteiger partial charge is 0.359 e. The number of carbonyl (C=O) groups excluding carboxylic acids is 3. The number of hydrogen-bond acceptors (Lipinski definition) is 7. The fourth-order valence-electron chi connectivity index (χ4n) is 4.32. The monoisotopic (exact) mass is 594 g/mol. The van der Waals surface area contributed by atoms with Crippen LogP contribution in [0.1, 0.15) is 29.4 Å². The SMILES string of the molecule is CCOC(=O)c1nn(-c2ccc(Br)cc2)c(=O)c2c(NC(=O)C3CC(=O)N(c4ccc(C)cc4)C3)scc12. The van der Waals surface area contributed by atoms with Crippen LogP contribution in [-0.4, -0.2) is 40.7 Å². The highest BCUT2D eigenvalue weighted by molar-refractivity contribution is 9.10. The second-order valence-electron chi connectivity index (χ2n) is 8.85. The molecule has 194 valence electrons. The van der Waals surface area contributed by atoms with Gasteiger partial charge in [0, 0.05) is 33.9 Å². The Morgan fingerprint density at radius 3 is 2.47 bits per heavy atom. The van der Waals surface area contributed by atoms with Crippen LogP contribution in [0.2, 0.25) is 0 Å². The van der Waals surface area contributed by atoms with Gasteiger partial charge in [-0.1, -0.05) is 33.6 Å². The molecule has 5 rings (SSSR count). The van der Waals surface area contributed by atoms with E-state index in [0.29, 0.717) is 11.1 Å². The first-order chi connectivity index (χ1) is 18.3. The number of benzene rings is 2. The molecule has 2 aromatic carbocycles. The number of esters is 1. The topological polar surface area (TPSA) is 111 Å². The van der Waals surface area contributed by atoms with E-state index in [1.807, 2.05) is 31.2 Å². The van der Waals surface area contributed by atoms with Gasteiger partial charge in [0.1, 0.15) is 5.00 Å². The third-order valence-corrected chi connectivity index (χ3v) is 7.69. The van der Waals surface area contributed by atoms with Gasteiger partial charge in [-0.05, 0) is 50.2 Å². The van der Waals surface area contributed by atoms with Crippen LogP contribution in [0.25, 0.3) is 16.5 Å². The maximum absolute atomic E-state index is 13.6. The van der Waals surface area contributed by atoms with Crippen molar-refractivity contribution in [3.63, 3.8) is 0 Å². The maximum atomic E-state index is 13.6. The number of amides is 2. The van der Waals surface area contributed by atoms with E-state index in [9.17, 15) is 19.2 Å². The summed E-state index contributed by atoms with van der Waals surface area (Å²) in [6.07, 6.45) is 0.0573. The Bertz CT molecular complexity index is 1610. The number of hydrogen-bond donors (Lipinski definition) is 1. The summed E-state index contributed by atoms with van der Waals surface area (Å²) in [5, 5.41) is 9.49. The average molecular weight is 595 g/mol. The molecule has 1 aliphatic rings. The van der Waals surface area contributed by atoms with Crippen LogP contribution in [0.15, 0.2) is 63.2 Å². The van der Waals surface area contributed by atoms with Gasteiger partial charge in [0.25, 0.3) is 5.56 Å². The molecular formula is C27H23BrN4O5S.